The van der Waals surface area contributed by atoms with E-state index in [0.29, 0.717) is 11.4 Å². The Morgan fingerprint density at radius 3 is 2.67 bits per heavy atom. The van der Waals surface area contributed by atoms with Crippen LogP contribution >= 0.6 is 15.9 Å². The Morgan fingerprint density at radius 2 is 1.89 bits per heavy atom. The number of nitrogens with zero attached hydrogens (tertiary/aromatic N) is 3. The van der Waals surface area contributed by atoms with Crippen LogP contribution in [-0.2, 0) is 0 Å². The molecule has 5 nitrogen and oxygen atoms in total. The fourth-order valence-corrected chi connectivity index (χ4v) is 1.85. The maximum absolute atomic E-state index is 5.71. The van der Waals surface area contributed by atoms with E-state index in [1.165, 1.54) is 0 Å². The fourth-order valence-electron chi connectivity index (χ4n) is 1.58. The number of halogens is 1. The summed E-state index contributed by atoms with van der Waals surface area (Å²) in [5.74, 6) is 1.70. The largest absolute Gasteiger partial charge is 0.457 e. The van der Waals surface area contributed by atoms with Gasteiger partial charge in [-0.15, -0.1) is 5.10 Å². The molecule has 0 aliphatic carbocycles. The molecule has 3 rings (SSSR count). The number of fused-ring (bicyclic) bond motifs is 1. The maximum Gasteiger partial charge on any atom is 0.240 e. The first-order valence-electron chi connectivity index (χ1n) is 5.26. The smallest absolute Gasteiger partial charge is 0.240 e. The highest BCUT2D eigenvalue weighted by atomic mass is 79.9. The molecule has 0 saturated heterocycles. The van der Waals surface area contributed by atoms with E-state index in [0.717, 1.165) is 10.2 Å². The highest BCUT2D eigenvalue weighted by Crippen LogP contribution is 2.23. The van der Waals surface area contributed by atoms with Gasteiger partial charge in [-0.2, -0.15) is 4.98 Å². The van der Waals surface area contributed by atoms with Gasteiger partial charge in [0.15, 0.2) is 5.65 Å². The van der Waals surface area contributed by atoms with Crippen LogP contribution in [0.25, 0.3) is 5.65 Å². The van der Waals surface area contributed by atoms with Gasteiger partial charge in [0, 0.05) is 16.7 Å². The Bertz CT molecular complexity index is 693. The van der Waals surface area contributed by atoms with Crippen molar-refractivity contribution in [1.29, 1.82) is 0 Å². The molecular formula is C12H9BrN4O. The zero-order chi connectivity index (χ0) is 12.5. The number of nitrogens with two attached hydrogens (primary N) is 1. The van der Waals surface area contributed by atoms with Gasteiger partial charge in [0.2, 0.25) is 5.95 Å². The molecule has 1 aromatic carbocycles. The number of benzene rings is 1. The van der Waals surface area contributed by atoms with Crippen LogP contribution in [0.3, 0.4) is 0 Å². The molecule has 90 valence electrons. The van der Waals surface area contributed by atoms with E-state index >= 15 is 0 Å². The first kappa shape index (κ1) is 11.0. The second-order valence-electron chi connectivity index (χ2n) is 3.69. The Labute approximate surface area is 111 Å². The van der Waals surface area contributed by atoms with Crippen LogP contribution in [0.2, 0.25) is 0 Å². The van der Waals surface area contributed by atoms with Gasteiger partial charge in [0.1, 0.15) is 11.5 Å². The van der Waals surface area contributed by atoms with Gasteiger partial charge in [-0.1, -0.05) is 15.9 Å². The van der Waals surface area contributed by atoms with Crippen molar-refractivity contribution in [3.63, 3.8) is 0 Å². The van der Waals surface area contributed by atoms with Gasteiger partial charge in [-0.3, -0.25) is 0 Å². The summed E-state index contributed by atoms with van der Waals surface area (Å²) in [7, 11) is 0. The molecule has 0 bridgehead atoms. The van der Waals surface area contributed by atoms with Gasteiger partial charge in [0.25, 0.3) is 0 Å². The van der Waals surface area contributed by atoms with Gasteiger partial charge in [-0.05, 0) is 30.3 Å². The zero-order valence-electron chi connectivity index (χ0n) is 9.25. The minimum atomic E-state index is 0.246. The molecular weight excluding hydrogens is 296 g/mol. The molecule has 0 aliphatic rings. The van der Waals surface area contributed by atoms with Crippen LogP contribution in [0.15, 0.2) is 47.1 Å². The van der Waals surface area contributed by atoms with Gasteiger partial charge in [0.05, 0.1) is 0 Å². The first-order valence-corrected chi connectivity index (χ1v) is 6.05. The predicted octanol–water partition coefficient (Wildman–Crippen LogP) is 2.87. The molecule has 2 heterocycles. The van der Waals surface area contributed by atoms with Crippen LogP contribution in [0, 0.1) is 0 Å². The van der Waals surface area contributed by atoms with Crippen LogP contribution in [0.1, 0.15) is 0 Å². The van der Waals surface area contributed by atoms with E-state index in [-0.39, 0.29) is 5.95 Å². The minimum absolute atomic E-state index is 0.246. The summed E-state index contributed by atoms with van der Waals surface area (Å²) < 4.78 is 8.32. The third-order valence-corrected chi connectivity index (χ3v) is 2.90. The molecule has 3 aromatic rings. The first-order chi connectivity index (χ1) is 8.70. The molecule has 0 fully saturated rings. The minimum Gasteiger partial charge on any atom is -0.457 e. The summed E-state index contributed by atoms with van der Waals surface area (Å²) in [6.07, 6.45) is 1.76. The topological polar surface area (TPSA) is 65.4 Å². The van der Waals surface area contributed by atoms with Crippen molar-refractivity contribution in [1.82, 2.24) is 14.6 Å². The molecule has 6 heteroatoms. The van der Waals surface area contributed by atoms with E-state index in [1.807, 2.05) is 30.3 Å². The Hall–Kier alpha value is -2.08. The van der Waals surface area contributed by atoms with Gasteiger partial charge in [-0.25, -0.2) is 4.52 Å². The number of ether oxygens (including phenoxy) is 1. The van der Waals surface area contributed by atoms with Crippen molar-refractivity contribution in [2.45, 2.75) is 0 Å². The molecule has 0 aliphatic heterocycles. The van der Waals surface area contributed by atoms with E-state index < -0.39 is 0 Å². The summed E-state index contributed by atoms with van der Waals surface area (Å²) >= 11 is 3.38. The number of aromatic nitrogens is 3. The van der Waals surface area contributed by atoms with E-state index in [9.17, 15) is 0 Å². The number of pyridine rings is 1. The van der Waals surface area contributed by atoms with Crippen molar-refractivity contribution in [3.05, 3.63) is 47.1 Å². The maximum atomic E-state index is 5.71. The highest BCUT2D eigenvalue weighted by molar-refractivity contribution is 9.10. The molecule has 0 atom stereocenters. The lowest BCUT2D eigenvalue weighted by Gasteiger charge is -2.05. The lowest BCUT2D eigenvalue weighted by molar-refractivity contribution is 0.482. The third-order valence-electron chi connectivity index (χ3n) is 2.37. The summed E-state index contributed by atoms with van der Waals surface area (Å²) in [4.78, 5) is 4.07. The summed E-state index contributed by atoms with van der Waals surface area (Å²) in [5, 5.41) is 3.99. The van der Waals surface area contributed by atoms with Gasteiger partial charge < -0.3 is 10.5 Å². The summed E-state index contributed by atoms with van der Waals surface area (Å²) in [6, 6.07) is 11.2. The van der Waals surface area contributed by atoms with E-state index in [2.05, 4.69) is 26.0 Å². The molecule has 2 N–H and O–H groups in total. The van der Waals surface area contributed by atoms with Crippen molar-refractivity contribution >= 4 is 27.5 Å². The van der Waals surface area contributed by atoms with E-state index in [1.54, 1.807) is 16.8 Å². The molecule has 0 spiro atoms. The molecule has 2 aromatic heterocycles. The van der Waals surface area contributed by atoms with Crippen LogP contribution in [0.5, 0.6) is 11.5 Å². The molecule has 18 heavy (non-hydrogen) atoms. The second-order valence-corrected chi connectivity index (χ2v) is 4.61. The van der Waals surface area contributed by atoms with Crippen molar-refractivity contribution in [3.8, 4) is 11.5 Å². The lowest BCUT2D eigenvalue weighted by Crippen LogP contribution is -1.90. The van der Waals surface area contributed by atoms with Crippen molar-refractivity contribution in [2.75, 3.05) is 5.73 Å². The highest BCUT2D eigenvalue weighted by Gasteiger charge is 2.03. The standard InChI is InChI=1S/C12H9BrN4O/c13-8-1-3-9(4-2-8)18-10-5-6-17-11(7-10)15-12(14)16-17/h1-7H,(H2,14,16). The molecule has 0 saturated carbocycles. The summed E-state index contributed by atoms with van der Waals surface area (Å²) in [6.45, 7) is 0. The predicted molar refractivity (Wildman–Crippen MR) is 71.6 cm³/mol. The van der Waals surface area contributed by atoms with Crippen LogP contribution < -0.4 is 10.5 Å². The van der Waals surface area contributed by atoms with Gasteiger partial charge >= 0.3 is 0 Å². The summed E-state index contributed by atoms with van der Waals surface area (Å²) in [5.41, 5.74) is 6.18. The normalized spacial score (nSPS) is 10.7. The Kier molecular flexibility index (Phi) is 2.64. The monoisotopic (exact) mass is 304 g/mol. The van der Waals surface area contributed by atoms with Crippen molar-refractivity contribution < 1.29 is 4.74 Å². The third kappa shape index (κ3) is 2.14. The fraction of sp³-hybridized carbons (Fsp3) is 0. The van der Waals surface area contributed by atoms with Crippen LogP contribution in [-0.4, -0.2) is 14.6 Å². The number of nitrogen functional groups attached to an aromatic ring is 1. The molecule has 0 amide bonds. The lowest BCUT2D eigenvalue weighted by atomic mass is 10.3. The Morgan fingerprint density at radius 1 is 1.11 bits per heavy atom. The number of hydrogen-bond acceptors (Lipinski definition) is 4. The average molecular weight is 305 g/mol. The molecule has 0 unspecified atom stereocenters. The van der Waals surface area contributed by atoms with Crippen molar-refractivity contribution in [2.24, 2.45) is 0 Å². The van der Waals surface area contributed by atoms with Crippen LogP contribution in [0.4, 0.5) is 5.95 Å². The quantitative estimate of drug-likeness (QED) is 0.790. The number of rotatable bonds is 2. The Balaban J connectivity index is 1.92. The average Bonchev–Trinajstić information content (AvgIpc) is 2.71. The number of hydrogen-bond donors (Lipinski definition) is 1. The van der Waals surface area contributed by atoms with E-state index in [4.69, 9.17) is 10.5 Å². The zero-order valence-corrected chi connectivity index (χ0v) is 10.8. The molecule has 0 radical (unpaired) electrons. The SMILES string of the molecule is Nc1nc2cc(Oc3ccc(Br)cc3)ccn2n1. The number of anilines is 1. The second kappa shape index (κ2) is 4.30.